The van der Waals surface area contributed by atoms with E-state index in [0.29, 0.717) is 6.42 Å². The van der Waals surface area contributed by atoms with Crippen LogP contribution < -0.4 is 0 Å². The molecule has 0 heterocycles. The van der Waals surface area contributed by atoms with Crippen molar-refractivity contribution < 1.29 is 28.7 Å². The van der Waals surface area contributed by atoms with Crippen molar-refractivity contribution in [2.75, 3.05) is 0 Å². The Labute approximate surface area is 111 Å². The molecule has 1 aliphatic carbocycles. The second-order valence-corrected chi connectivity index (χ2v) is 9.41. The molecule has 1 atom stereocenters. The quantitative estimate of drug-likeness (QED) is 0.457. The fourth-order valence-electron chi connectivity index (χ4n) is 2.04. The second kappa shape index (κ2) is 5.13. The molecule has 108 valence electrons. The molecule has 0 aromatic heterocycles. The molecule has 0 amide bonds. The van der Waals surface area contributed by atoms with Crippen LogP contribution in [0.1, 0.15) is 19.8 Å². The fourth-order valence-corrected chi connectivity index (χ4v) is 4.39. The fraction of sp³-hybridized carbons (Fsp3) is 0.455. The summed E-state index contributed by atoms with van der Waals surface area (Å²) in [5.74, 6) is 0. The molecule has 0 aromatic carbocycles. The topological polar surface area (TPSA) is 115 Å². The zero-order valence-corrected chi connectivity index (χ0v) is 12.3. The average Bonchev–Trinajstić information content (AvgIpc) is 2.27. The van der Waals surface area contributed by atoms with Crippen LogP contribution in [0.25, 0.3) is 0 Å². The van der Waals surface area contributed by atoms with Crippen LogP contribution in [0.3, 0.4) is 0 Å². The highest BCUT2D eigenvalue weighted by Crippen LogP contribution is 2.72. The normalized spacial score (nSPS) is 24.5. The zero-order valence-electron chi connectivity index (χ0n) is 10.5. The zero-order chi connectivity index (χ0) is 14.9. The predicted octanol–water partition coefficient (Wildman–Crippen LogP) is 2.14. The van der Waals surface area contributed by atoms with E-state index in [1.807, 2.05) is 0 Å². The first-order valence-corrected chi connectivity index (χ1v) is 8.79. The molecule has 0 saturated carbocycles. The Bertz CT molecular complexity index is 489. The summed E-state index contributed by atoms with van der Waals surface area (Å²) in [6.45, 7) is 4.54. The highest BCUT2D eigenvalue weighted by Gasteiger charge is 2.58. The standard InChI is InChI=1S/C11H18O6P2/c1-3-11(7-5-4-6-8-11)9-10(2,18(12,13)14)19(15,16)17/h3-7H,1,8-9H2,2H3,(H2,12,13,14)(H2,15,16,17). The third-order valence-electron chi connectivity index (χ3n) is 3.50. The van der Waals surface area contributed by atoms with Crippen LogP contribution in [0.5, 0.6) is 0 Å². The van der Waals surface area contributed by atoms with Crippen LogP contribution in [0.15, 0.2) is 37.0 Å². The van der Waals surface area contributed by atoms with Gasteiger partial charge < -0.3 is 19.6 Å². The second-order valence-electron chi connectivity index (χ2n) is 4.91. The molecule has 4 N–H and O–H groups in total. The molecule has 0 aliphatic heterocycles. The van der Waals surface area contributed by atoms with Crippen molar-refractivity contribution in [3.05, 3.63) is 37.0 Å². The largest absolute Gasteiger partial charge is 0.343 e. The van der Waals surface area contributed by atoms with E-state index in [4.69, 9.17) is 0 Å². The van der Waals surface area contributed by atoms with E-state index >= 15 is 0 Å². The lowest BCUT2D eigenvalue weighted by molar-refractivity contribution is 0.283. The van der Waals surface area contributed by atoms with Crippen molar-refractivity contribution >= 4 is 15.2 Å². The molecular weight excluding hydrogens is 290 g/mol. The molecule has 19 heavy (non-hydrogen) atoms. The summed E-state index contributed by atoms with van der Waals surface area (Å²) >= 11 is 0. The van der Waals surface area contributed by atoms with Gasteiger partial charge in [-0.05, 0) is 19.8 Å². The van der Waals surface area contributed by atoms with Gasteiger partial charge in [0.1, 0.15) is 0 Å². The summed E-state index contributed by atoms with van der Waals surface area (Å²) in [7, 11) is -10.0. The van der Waals surface area contributed by atoms with E-state index in [1.54, 1.807) is 24.3 Å². The maximum absolute atomic E-state index is 11.6. The summed E-state index contributed by atoms with van der Waals surface area (Å²) < 4.78 is 23.1. The Morgan fingerprint density at radius 1 is 1.26 bits per heavy atom. The third-order valence-corrected chi connectivity index (χ3v) is 7.89. The lowest BCUT2D eigenvalue weighted by Gasteiger charge is -2.39. The van der Waals surface area contributed by atoms with Gasteiger partial charge in [-0.15, -0.1) is 6.58 Å². The van der Waals surface area contributed by atoms with E-state index in [-0.39, 0.29) is 6.42 Å². The molecule has 1 unspecified atom stereocenters. The van der Waals surface area contributed by atoms with Gasteiger partial charge in [-0.1, -0.05) is 30.4 Å². The van der Waals surface area contributed by atoms with Crippen LogP contribution in [-0.4, -0.2) is 24.5 Å². The summed E-state index contributed by atoms with van der Waals surface area (Å²) in [6.07, 6.45) is 8.34. The first-order valence-electron chi connectivity index (χ1n) is 5.57. The van der Waals surface area contributed by atoms with Crippen molar-refractivity contribution in [1.29, 1.82) is 0 Å². The molecule has 0 aromatic rings. The van der Waals surface area contributed by atoms with Gasteiger partial charge in [0.05, 0.1) is 0 Å². The summed E-state index contributed by atoms with van der Waals surface area (Å²) in [5.41, 5.74) is -0.869. The molecule has 0 spiro atoms. The SMILES string of the molecule is C=CC1(CC(C)(P(=O)(O)O)P(=O)(O)O)C=CC=CC1. The summed E-state index contributed by atoms with van der Waals surface area (Å²) in [4.78, 5) is 35.0. The Morgan fingerprint density at radius 3 is 2.11 bits per heavy atom. The van der Waals surface area contributed by atoms with Crippen LogP contribution >= 0.6 is 15.2 Å². The van der Waals surface area contributed by atoms with Gasteiger partial charge in [0.2, 0.25) is 0 Å². The lowest BCUT2D eigenvalue weighted by Crippen LogP contribution is -2.33. The molecule has 0 fully saturated rings. The molecule has 0 radical (unpaired) electrons. The summed E-state index contributed by atoms with van der Waals surface area (Å²) in [6, 6.07) is 0. The molecule has 0 saturated heterocycles. The lowest BCUT2D eigenvalue weighted by atomic mass is 9.78. The average molecular weight is 308 g/mol. The van der Waals surface area contributed by atoms with Gasteiger partial charge in [-0.3, -0.25) is 9.13 Å². The Balaban J connectivity index is 3.27. The van der Waals surface area contributed by atoms with Crippen molar-refractivity contribution in [3.8, 4) is 0 Å². The highest BCUT2D eigenvalue weighted by atomic mass is 31.2. The predicted molar refractivity (Wildman–Crippen MR) is 72.6 cm³/mol. The number of hydrogen-bond donors (Lipinski definition) is 4. The summed E-state index contributed by atoms with van der Waals surface area (Å²) in [5, 5.41) is 0. The van der Waals surface area contributed by atoms with Crippen LogP contribution in [-0.2, 0) is 9.13 Å². The van der Waals surface area contributed by atoms with Crippen molar-refractivity contribution in [2.45, 2.75) is 24.7 Å². The molecule has 6 nitrogen and oxygen atoms in total. The minimum absolute atomic E-state index is 0.376. The first-order chi connectivity index (χ1) is 8.47. The molecular formula is C11H18O6P2. The third kappa shape index (κ3) is 3.16. The van der Waals surface area contributed by atoms with E-state index in [9.17, 15) is 28.7 Å². The highest BCUT2D eigenvalue weighted by molar-refractivity contribution is 7.72. The van der Waals surface area contributed by atoms with E-state index in [1.165, 1.54) is 6.08 Å². The first kappa shape index (κ1) is 16.6. The minimum atomic E-state index is -5.00. The van der Waals surface area contributed by atoms with Gasteiger partial charge >= 0.3 is 15.2 Å². The van der Waals surface area contributed by atoms with Gasteiger partial charge in [0.25, 0.3) is 0 Å². The molecule has 1 rings (SSSR count). The number of allylic oxidation sites excluding steroid dienone is 5. The van der Waals surface area contributed by atoms with Crippen molar-refractivity contribution in [1.82, 2.24) is 0 Å². The van der Waals surface area contributed by atoms with E-state index < -0.39 is 25.5 Å². The van der Waals surface area contributed by atoms with Crippen LogP contribution in [0.2, 0.25) is 0 Å². The maximum atomic E-state index is 11.6. The van der Waals surface area contributed by atoms with Crippen molar-refractivity contribution in [2.24, 2.45) is 5.41 Å². The van der Waals surface area contributed by atoms with Gasteiger partial charge in [-0.25, -0.2) is 0 Å². The van der Waals surface area contributed by atoms with Gasteiger partial charge in [-0.2, -0.15) is 0 Å². The minimum Gasteiger partial charge on any atom is -0.324 e. The Kier molecular flexibility index (Phi) is 4.48. The monoisotopic (exact) mass is 308 g/mol. The van der Waals surface area contributed by atoms with Gasteiger partial charge in [0, 0.05) is 5.41 Å². The molecule has 1 aliphatic rings. The van der Waals surface area contributed by atoms with Crippen LogP contribution in [0, 0.1) is 5.41 Å². The molecule has 8 heteroatoms. The maximum Gasteiger partial charge on any atom is 0.343 e. The van der Waals surface area contributed by atoms with Crippen molar-refractivity contribution in [3.63, 3.8) is 0 Å². The Hall–Kier alpha value is -0.480. The number of hydrogen-bond acceptors (Lipinski definition) is 2. The van der Waals surface area contributed by atoms with Gasteiger partial charge in [0.15, 0.2) is 4.90 Å². The van der Waals surface area contributed by atoms with E-state index in [2.05, 4.69) is 6.58 Å². The molecule has 0 bridgehead atoms. The smallest absolute Gasteiger partial charge is 0.324 e. The van der Waals surface area contributed by atoms with E-state index in [0.717, 1.165) is 6.92 Å². The number of rotatable bonds is 5. The van der Waals surface area contributed by atoms with Crippen LogP contribution in [0.4, 0.5) is 0 Å². The Morgan fingerprint density at radius 2 is 1.79 bits per heavy atom.